The largest absolute Gasteiger partial charge is 0.333 e. The molecule has 3 amide bonds. The van der Waals surface area contributed by atoms with Gasteiger partial charge in [-0.3, -0.25) is 10.2 Å². The van der Waals surface area contributed by atoms with Crippen LogP contribution in [0.1, 0.15) is 39.0 Å². The van der Waals surface area contributed by atoms with Gasteiger partial charge in [0.1, 0.15) is 0 Å². The van der Waals surface area contributed by atoms with E-state index in [9.17, 15) is 9.59 Å². The molecule has 1 heterocycles. The quantitative estimate of drug-likeness (QED) is 0.377. The molecule has 0 unspecified atom stereocenters. The Labute approximate surface area is 202 Å². The summed E-state index contributed by atoms with van der Waals surface area (Å²) >= 11 is 0. The lowest BCUT2D eigenvalue weighted by Gasteiger charge is -2.10. The van der Waals surface area contributed by atoms with Gasteiger partial charge in [-0.05, 0) is 58.9 Å². The summed E-state index contributed by atoms with van der Waals surface area (Å²) in [5.74, 6) is 0.150. The van der Waals surface area contributed by atoms with Crippen molar-refractivity contribution in [3.05, 3.63) is 101 Å². The first-order valence-electron chi connectivity index (χ1n) is 11.5. The highest BCUT2D eigenvalue weighted by Gasteiger charge is 2.12. The summed E-state index contributed by atoms with van der Waals surface area (Å²) in [4.78, 5) is 26.0. The highest BCUT2D eigenvalue weighted by molar-refractivity contribution is 5.95. The van der Waals surface area contributed by atoms with E-state index < -0.39 is 11.9 Å². The average Bonchev–Trinajstić information content (AvgIpc) is 3.56. The molecule has 0 fully saturated rings. The fourth-order valence-electron chi connectivity index (χ4n) is 4.09. The van der Waals surface area contributed by atoms with Crippen LogP contribution in [-0.4, -0.2) is 32.1 Å². The second-order valence-corrected chi connectivity index (χ2v) is 8.42. The predicted octanol–water partition coefficient (Wildman–Crippen LogP) is 3.02. The Morgan fingerprint density at radius 2 is 1.63 bits per heavy atom. The van der Waals surface area contributed by atoms with E-state index in [1.54, 1.807) is 12.1 Å². The fraction of sp³-hybridized carbons (Fsp3) is 0.192. The van der Waals surface area contributed by atoms with Gasteiger partial charge < -0.3 is 5.32 Å². The van der Waals surface area contributed by atoms with Crippen LogP contribution in [0.25, 0.3) is 11.4 Å². The van der Waals surface area contributed by atoms with Gasteiger partial charge in [-0.2, -0.15) is 4.80 Å². The molecule has 4 aromatic rings. The molecule has 0 spiro atoms. The van der Waals surface area contributed by atoms with Crippen LogP contribution in [0.2, 0.25) is 0 Å². The maximum absolute atomic E-state index is 12.4. The van der Waals surface area contributed by atoms with E-state index >= 15 is 0 Å². The molecule has 0 saturated heterocycles. The third-order valence-corrected chi connectivity index (χ3v) is 5.93. The first kappa shape index (κ1) is 22.3. The molecule has 9 heteroatoms. The van der Waals surface area contributed by atoms with Crippen molar-refractivity contribution in [3.63, 3.8) is 0 Å². The molecule has 9 nitrogen and oxygen atoms in total. The van der Waals surface area contributed by atoms with Crippen LogP contribution >= 0.6 is 0 Å². The Bertz CT molecular complexity index is 1330. The third kappa shape index (κ3) is 5.52. The molecule has 35 heavy (non-hydrogen) atoms. The van der Waals surface area contributed by atoms with Crippen LogP contribution in [0.5, 0.6) is 0 Å². The van der Waals surface area contributed by atoms with E-state index in [1.165, 1.54) is 22.3 Å². The van der Waals surface area contributed by atoms with E-state index in [0.29, 0.717) is 24.5 Å². The molecule has 1 aliphatic carbocycles. The minimum Gasteiger partial charge on any atom is -0.333 e. The van der Waals surface area contributed by atoms with E-state index in [2.05, 4.69) is 43.7 Å². The summed E-state index contributed by atoms with van der Waals surface area (Å²) in [6.07, 6.45) is 3.41. The molecule has 1 aliphatic rings. The molecule has 176 valence electrons. The molecule has 0 aliphatic heterocycles. The Morgan fingerprint density at radius 3 is 2.46 bits per heavy atom. The molecule has 3 N–H and O–H groups in total. The zero-order valence-electron chi connectivity index (χ0n) is 19.1. The van der Waals surface area contributed by atoms with Crippen LogP contribution in [0, 0.1) is 0 Å². The summed E-state index contributed by atoms with van der Waals surface area (Å²) in [5, 5.41) is 15.3. The second-order valence-electron chi connectivity index (χ2n) is 8.42. The number of benzene rings is 3. The smallest absolute Gasteiger partial charge is 0.333 e. The Balaban J connectivity index is 1.09. The standard InChI is InChI=1S/C26H25N7O2/c34-25(29-30-26(35)27-16-19-11-12-20-7-4-8-23(20)15-19)22-13-9-18(10-14-22)17-33-31-24(28-32-33)21-5-2-1-3-6-21/h1-3,5-6,9-15H,4,7-8,16-17H2,(H,29,34)(H2,27,30,35). The lowest BCUT2D eigenvalue weighted by molar-refractivity contribution is 0.0936. The zero-order valence-corrected chi connectivity index (χ0v) is 19.1. The van der Waals surface area contributed by atoms with Crippen molar-refractivity contribution < 1.29 is 9.59 Å². The minimum absolute atomic E-state index is 0.395. The van der Waals surface area contributed by atoms with Crippen molar-refractivity contribution >= 4 is 11.9 Å². The van der Waals surface area contributed by atoms with Crippen molar-refractivity contribution in [1.82, 2.24) is 36.4 Å². The monoisotopic (exact) mass is 467 g/mol. The molecule has 0 bridgehead atoms. The van der Waals surface area contributed by atoms with E-state index in [1.807, 2.05) is 48.5 Å². The van der Waals surface area contributed by atoms with Crippen LogP contribution in [0.3, 0.4) is 0 Å². The highest BCUT2D eigenvalue weighted by Crippen LogP contribution is 2.22. The summed E-state index contributed by atoms with van der Waals surface area (Å²) in [6.45, 7) is 0.817. The summed E-state index contributed by atoms with van der Waals surface area (Å²) in [5.41, 5.74) is 10.8. The first-order chi connectivity index (χ1) is 17.1. The summed E-state index contributed by atoms with van der Waals surface area (Å²) in [6, 6.07) is 22.5. The second kappa shape index (κ2) is 10.2. The fourth-order valence-corrected chi connectivity index (χ4v) is 4.09. The van der Waals surface area contributed by atoms with Gasteiger partial charge in [0, 0.05) is 17.7 Å². The van der Waals surface area contributed by atoms with Crippen molar-refractivity contribution in [2.75, 3.05) is 0 Å². The van der Waals surface area contributed by atoms with E-state index in [4.69, 9.17) is 0 Å². The van der Waals surface area contributed by atoms with Gasteiger partial charge in [0.25, 0.3) is 5.91 Å². The minimum atomic E-state index is -0.470. The molecule has 0 radical (unpaired) electrons. The normalized spacial score (nSPS) is 12.1. The number of nitrogens with one attached hydrogen (secondary N) is 3. The SMILES string of the molecule is O=C(NCc1ccc2c(c1)CCC2)NNC(=O)c1ccc(Cn2nnc(-c3ccccc3)n2)cc1. The first-order valence-corrected chi connectivity index (χ1v) is 11.5. The highest BCUT2D eigenvalue weighted by atomic mass is 16.2. The van der Waals surface area contributed by atoms with Gasteiger partial charge in [-0.15, -0.1) is 10.2 Å². The number of urea groups is 1. The third-order valence-electron chi connectivity index (χ3n) is 5.93. The number of hydrazine groups is 1. The van der Waals surface area contributed by atoms with Gasteiger partial charge in [-0.1, -0.05) is 60.7 Å². The summed E-state index contributed by atoms with van der Waals surface area (Å²) < 4.78 is 0. The van der Waals surface area contributed by atoms with Crippen molar-refractivity contribution in [2.45, 2.75) is 32.4 Å². The van der Waals surface area contributed by atoms with Gasteiger partial charge in [0.15, 0.2) is 0 Å². The molecular weight excluding hydrogens is 442 g/mol. The Hall–Kier alpha value is -4.53. The number of carbonyl (C=O) groups excluding carboxylic acids is 2. The Morgan fingerprint density at radius 1 is 0.857 bits per heavy atom. The number of hydrogen-bond donors (Lipinski definition) is 3. The van der Waals surface area contributed by atoms with Crippen molar-refractivity contribution in [2.24, 2.45) is 0 Å². The van der Waals surface area contributed by atoms with Crippen molar-refractivity contribution in [3.8, 4) is 11.4 Å². The average molecular weight is 468 g/mol. The molecule has 0 atom stereocenters. The molecule has 5 rings (SSSR count). The Kier molecular flexibility index (Phi) is 6.47. The topological polar surface area (TPSA) is 114 Å². The van der Waals surface area contributed by atoms with Crippen LogP contribution in [0.4, 0.5) is 4.79 Å². The van der Waals surface area contributed by atoms with Crippen LogP contribution in [-0.2, 0) is 25.9 Å². The van der Waals surface area contributed by atoms with Gasteiger partial charge >= 0.3 is 6.03 Å². The van der Waals surface area contributed by atoms with Gasteiger partial charge in [-0.25, -0.2) is 10.2 Å². The number of rotatable bonds is 6. The number of nitrogens with zero attached hydrogens (tertiary/aromatic N) is 4. The lowest BCUT2D eigenvalue weighted by Crippen LogP contribution is -2.46. The maximum Gasteiger partial charge on any atom is 0.333 e. The van der Waals surface area contributed by atoms with Gasteiger partial charge in [0.05, 0.1) is 6.54 Å². The zero-order chi connectivity index (χ0) is 24.0. The molecule has 0 saturated carbocycles. The number of aryl methyl sites for hydroxylation is 2. The van der Waals surface area contributed by atoms with Crippen LogP contribution < -0.4 is 16.2 Å². The lowest BCUT2D eigenvalue weighted by atomic mass is 10.1. The van der Waals surface area contributed by atoms with E-state index in [-0.39, 0.29) is 0 Å². The maximum atomic E-state index is 12.4. The molecule has 3 aromatic carbocycles. The number of aromatic nitrogens is 4. The number of fused-ring (bicyclic) bond motifs is 1. The van der Waals surface area contributed by atoms with Crippen molar-refractivity contribution in [1.29, 1.82) is 0 Å². The number of amides is 3. The molecular formula is C26H25N7O2. The van der Waals surface area contributed by atoms with Gasteiger partial charge in [0.2, 0.25) is 5.82 Å². The van der Waals surface area contributed by atoms with E-state index in [0.717, 1.165) is 29.5 Å². The number of carbonyl (C=O) groups is 2. The number of hydrogen-bond acceptors (Lipinski definition) is 5. The van der Waals surface area contributed by atoms with Crippen LogP contribution in [0.15, 0.2) is 72.8 Å². The number of tetrazole rings is 1. The predicted molar refractivity (Wildman–Crippen MR) is 130 cm³/mol. The summed E-state index contributed by atoms with van der Waals surface area (Å²) in [7, 11) is 0. The molecule has 1 aromatic heterocycles.